The van der Waals surface area contributed by atoms with Crippen LogP contribution in [0.3, 0.4) is 0 Å². The topological polar surface area (TPSA) is 46.2 Å². The fraction of sp³-hybridized carbons (Fsp3) is 0.444. The molecule has 2 atom stereocenters. The molecule has 22 heavy (non-hydrogen) atoms. The van der Waals surface area contributed by atoms with Crippen molar-refractivity contribution in [3.63, 3.8) is 0 Å². The maximum Gasteiger partial charge on any atom is 0.151 e. The Bertz CT molecular complexity index is 755. The molecule has 2 aromatic carbocycles. The van der Waals surface area contributed by atoms with Crippen LogP contribution in [-0.4, -0.2) is 32.0 Å². The predicted molar refractivity (Wildman–Crippen MR) is 91.9 cm³/mol. The van der Waals surface area contributed by atoms with Gasteiger partial charge >= 0.3 is 0 Å². The number of hydrogen-bond donors (Lipinski definition) is 1. The van der Waals surface area contributed by atoms with E-state index in [2.05, 4.69) is 54.7 Å². The zero-order chi connectivity index (χ0) is 15.6. The zero-order valence-electron chi connectivity index (χ0n) is 13.0. The summed E-state index contributed by atoms with van der Waals surface area (Å²) in [6, 6.07) is 15.3. The molecule has 0 aliphatic carbocycles. The predicted octanol–water partition coefficient (Wildman–Crippen LogP) is 2.94. The van der Waals surface area contributed by atoms with Gasteiger partial charge in [-0.2, -0.15) is 0 Å². The molecular weight excluding hydrogens is 294 g/mol. The molecule has 0 radical (unpaired) electrons. The highest BCUT2D eigenvalue weighted by Gasteiger charge is 2.25. The molecule has 1 fully saturated rings. The Labute approximate surface area is 132 Å². The number of rotatable bonds is 4. The summed E-state index contributed by atoms with van der Waals surface area (Å²) < 4.78 is 23.4. The number of nitrogens with one attached hydrogen (secondary N) is 1. The first-order valence-electron chi connectivity index (χ1n) is 7.96. The van der Waals surface area contributed by atoms with Gasteiger partial charge in [0.15, 0.2) is 9.84 Å². The highest BCUT2D eigenvalue weighted by molar-refractivity contribution is 7.91. The van der Waals surface area contributed by atoms with E-state index >= 15 is 0 Å². The Balaban J connectivity index is 1.64. The van der Waals surface area contributed by atoms with E-state index < -0.39 is 9.84 Å². The van der Waals surface area contributed by atoms with Crippen LogP contribution in [0.5, 0.6) is 0 Å². The van der Waals surface area contributed by atoms with Gasteiger partial charge in [0.25, 0.3) is 0 Å². The molecule has 1 heterocycles. The normalized spacial score (nSPS) is 22.5. The van der Waals surface area contributed by atoms with Crippen LogP contribution in [0, 0.1) is 0 Å². The van der Waals surface area contributed by atoms with Gasteiger partial charge in [-0.15, -0.1) is 0 Å². The van der Waals surface area contributed by atoms with E-state index in [1.54, 1.807) is 0 Å². The Morgan fingerprint density at radius 2 is 1.95 bits per heavy atom. The van der Waals surface area contributed by atoms with Gasteiger partial charge in [-0.3, -0.25) is 0 Å². The molecule has 0 amide bonds. The van der Waals surface area contributed by atoms with Crippen molar-refractivity contribution in [2.24, 2.45) is 0 Å². The van der Waals surface area contributed by atoms with Gasteiger partial charge in [0, 0.05) is 12.1 Å². The number of benzene rings is 2. The molecule has 1 aliphatic rings. The molecule has 0 saturated carbocycles. The minimum Gasteiger partial charge on any atom is -0.310 e. The standard InChI is InChI=1S/C18H23NO2S/c1-14(19-18-7-4-10-22(20,21)13-18)11-15-8-9-16-5-2-3-6-17(16)12-15/h2-3,5-6,8-9,12,14,18-19H,4,7,10-11,13H2,1H3/t14-,18-/m1/s1. The molecule has 1 N–H and O–H groups in total. The van der Waals surface area contributed by atoms with E-state index in [1.165, 1.54) is 16.3 Å². The first-order chi connectivity index (χ1) is 10.5. The number of hydrogen-bond acceptors (Lipinski definition) is 3. The molecule has 1 saturated heterocycles. The van der Waals surface area contributed by atoms with Crippen molar-refractivity contribution in [3.05, 3.63) is 48.0 Å². The highest BCUT2D eigenvalue weighted by atomic mass is 32.2. The van der Waals surface area contributed by atoms with Gasteiger partial charge in [-0.05, 0) is 42.5 Å². The maximum atomic E-state index is 11.7. The molecule has 2 aromatic rings. The summed E-state index contributed by atoms with van der Waals surface area (Å²) in [4.78, 5) is 0. The van der Waals surface area contributed by atoms with Crippen LogP contribution in [0.25, 0.3) is 10.8 Å². The fourth-order valence-electron chi connectivity index (χ4n) is 3.33. The summed E-state index contributed by atoms with van der Waals surface area (Å²) in [5, 5.41) is 6.00. The van der Waals surface area contributed by atoms with Crippen molar-refractivity contribution in [1.82, 2.24) is 5.32 Å². The fourth-order valence-corrected chi connectivity index (χ4v) is 4.98. The second kappa shape index (κ2) is 6.39. The second-order valence-electron chi connectivity index (χ2n) is 6.41. The summed E-state index contributed by atoms with van der Waals surface area (Å²) >= 11 is 0. The Hall–Kier alpha value is -1.39. The third kappa shape index (κ3) is 3.87. The first-order valence-corrected chi connectivity index (χ1v) is 9.78. The lowest BCUT2D eigenvalue weighted by molar-refractivity contribution is 0.428. The molecule has 0 spiro atoms. The van der Waals surface area contributed by atoms with Crippen molar-refractivity contribution in [3.8, 4) is 0 Å². The van der Waals surface area contributed by atoms with Gasteiger partial charge in [0.05, 0.1) is 11.5 Å². The van der Waals surface area contributed by atoms with Gasteiger partial charge in [0.2, 0.25) is 0 Å². The first kappa shape index (κ1) is 15.5. The van der Waals surface area contributed by atoms with Crippen molar-refractivity contribution in [1.29, 1.82) is 0 Å². The molecule has 0 bridgehead atoms. The van der Waals surface area contributed by atoms with Crippen LogP contribution in [0.15, 0.2) is 42.5 Å². The SMILES string of the molecule is C[C@H](Cc1ccc2ccccc2c1)N[C@@H]1CCCS(=O)(=O)C1. The van der Waals surface area contributed by atoms with E-state index in [9.17, 15) is 8.42 Å². The summed E-state index contributed by atoms with van der Waals surface area (Å²) in [5.41, 5.74) is 1.29. The van der Waals surface area contributed by atoms with E-state index in [1.807, 2.05) is 0 Å². The van der Waals surface area contributed by atoms with Crippen LogP contribution in [0.4, 0.5) is 0 Å². The molecule has 1 aliphatic heterocycles. The maximum absolute atomic E-state index is 11.7. The lowest BCUT2D eigenvalue weighted by atomic mass is 10.0. The van der Waals surface area contributed by atoms with Crippen LogP contribution in [0.2, 0.25) is 0 Å². The summed E-state index contributed by atoms with van der Waals surface area (Å²) in [6.07, 6.45) is 2.66. The van der Waals surface area contributed by atoms with E-state index in [4.69, 9.17) is 0 Å². The van der Waals surface area contributed by atoms with Gasteiger partial charge < -0.3 is 5.32 Å². The minimum atomic E-state index is -2.84. The molecule has 3 nitrogen and oxygen atoms in total. The molecule has 4 heteroatoms. The third-order valence-electron chi connectivity index (χ3n) is 4.34. The van der Waals surface area contributed by atoms with Gasteiger partial charge in [-0.25, -0.2) is 8.42 Å². The number of fused-ring (bicyclic) bond motifs is 1. The monoisotopic (exact) mass is 317 g/mol. The van der Waals surface area contributed by atoms with Crippen LogP contribution in [0.1, 0.15) is 25.3 Å². The average molecular weight is 317 g/mol. The molecule has 118 valence electrons. The summed E-state index contributed by atoms with van der Waals surface area (Å²) in [7, 11) is -2.84. The molecule has 0 unspecified atom stereocenters. The minimum absolute atomic E-state index is 0.106. The van der Waals surface area contributed by atoms with Crippen LogP contribution >= 0.6 is 0 Å². The second-order valence-corrected chi connectivity index (χ2v) is 8.64. The lowest BCUT2D eigenvalue weighted by Crippen LogP contribution is -2.44. The van der Waals surface area contributed by atoms with Gasteiger partial charge in [0.1, 0.15) is 0 Å². The Morgan fingerprint density at radius 3 is 2.73 bits per heavy atom. The Morgan fingerprint density at radius 1 is 1.18 bits per heavy atom. The Kier molecular flexibility index (Phi) is 4.50. The summed E-state index contributed by atoms with van der Waals surface area (Å²) in [6.45, 7) is 2.14. The van der Waals surface area contributed by atoms with Crippen LogP contribution < -0.4 is 5.32 Å². The van der Waals surface area contributed by atoms with E-state index in [-0.39, 0.29) is 17.8 Å². The van der Waals surface area contributed by atoms with Gasteiger partial charge in [-0.1, -0.05) is 42.5 Å². The van der Waals surface area contributed by atoms with E-state index in [0.29, 0.717) is 5.75 Å². The van der Waals surface area contributed by atoms with Crippen molar-refractivity contribution in [2.45, 2.75) is 38.3 Å². The van der Waals surface area contributed by atoms with Crippen LogP contribution in [-0.2, 0) is 16.3 Å². The summed E-state index contributed by atoms with van der Waals surface area (Å²) in [5.74, 6) is 0.638. The van der Waals surface area contributed by atoms with Crippen molar-refractivity contribution in [2.75, 3.05) is 11.5 Å². The largest absolute Gasteiger partial charge is 0.310 e. The lowest BCUT2D eigenvalue weighted by Gasteiger charge is -2.26. The zero-order valence-corrected chi connectivity index (χ0v) is 13.8. The number of sulfone groups is 1. The smallest absolute Gasteiger partial charge is 0.151 e. The molecule has 0 aromatic heterocycles. The van der Waals surface area contributed by atoms with Crippen molar-refractivity contribution < 1.29 is 8.42 Å². The van der Waals surface area contributed by atoms with E-state index in [0.717, 1.165) is 19.3 Å². The molecule has 3 rings (SSSR count). The quantitative estimate of drug-likeness (QED) is 0.943. The molecular formula is C18H23NO2S. The average Bonchev–Trinajstić information content (AvgIpc) is 2.46. The van der Waals surface area contributed by atoms with Crippen molar-refractivity contribution >= 4 is 20.6 Å². The highest BCUT2D eigenvalue weighted by Crippen LogP contribution is 2.18. The third-order valence-corrected chi connectivity index (χ3v) is 6.16.